The number of nitrogens with two attached hydrogens (primary N) is 1. The van der Waals surface area contributed by atoms with Crippen LogP contribution in [-0.4, -0.2) is 39.2 Å². The van der Waals surface area contributed by atoms with Gasteiger partial charge in [0.15, 0.2) is 5.82 Å². The quantitative estimate of drug-likeness (QED) is 0.806. The van der Waals surface area contributed by atoms with Crippen LogP contribution in [0.4, 0.5) is 5.82 Å². The van der Waals surface area contributed by atoms with E-state index >= 15 is 0 Å². The minimum Gasteiger partial charge on any atom is -0.353 e. The average Bonchev–Trinajstić information content (AvgIpc) is 2.87. The fourth-order valence-electron chi connectivity index (χ4n) is 2.35. The lowest BCUT2D eigenvalue weighted by Gasteiger charge is -2.32. The molecule has 1 fully saturated rings. The Hall–Kier alpha value is -1.69. The molecular weight excluding hydrogens is 216 g/mol. The third-order valence-electron chi connectivity index (χ3n) is 3.44. The molecule has 0 aromatic carbocycles. The van der Waals surface area contributed by atoms with Crippen LogP contribution in [-0.2, 0) is 0 Å². The zero-order chi connectivity index (χ0) is 11.7. The van der Waals surface area contributed by atoms with E-state index in [4.69, 9.17) is 5.73 Å². The van der Waals surface area contributed by atoms with Crippen LogP contribution in [0.5, 0.6) is 0 Å². The molecular formula is C11H16N6. The van der Waals surface area contributed by atoms with Crippen molar-refractivity contribution >= 4 is 11.5 Å². The molecule has 1 aliphatic rings. The molecule has 0 spiro atoms. The van der Waals surface area contributed by atoms with E-state index in [-0.39, 0.29) is 0 Å². The van der Waals surface area contributed by atoms with Crippen molar-refractivity contribution in [2.24, 2.45) is 11.7 Å². The Balaban J connectivity index is 1.87. The summed E-state index contributed by atoms with van der Waals surface area (Å²) in [5, 5.41) is 8.03. The third-order valence-corrected chi connectivity index (χ3v) is 3.44. The average molecular weight is 232 g/mol. The zero-order valence-corrected chi connectivity index (χ0v) is 9.66. The van der Waals surface area contributed by atoms with Gasteiger partial charge in [0.25, 0.3) is 0 Å². The maximum absolute atomic E-state index is 5.70. The van der Waals surface area contributed by atoms with Crippen molar-refractivity contribution in [3.8, 4) is 0 Å². The molecule has 0 bridgehead atoms. The van der Waals surface area contributed by atoms with Crippen molar-refractivity contribution < 1.29 is 0 Å². The van der Waals surface area contributed by atoms with Gasteiger partial charge in [-0.15, -0.1) is 10.2 Å². The highest BCUT2D eigenvalue weighted by Crippen LogP contribution is 2.23. The molecule has 2 aromatic rings. The van der Waals surface area contributed by atoms with Gasteiger partial charge in [0.2, 0.25) is 5.65 Å². The second-order valence-corrected chi connectivity index (χ2v) is 4.48. The Labute approximate surface area is 99.5 Å². The number of nitrogens with zero attached hydrogens (tertiary/aromatic N) is 5. The summed E-state index contributed by atoms with van der Waals surface area (Å²) < 4.78 is 1.90. The molecule has 3 rings (SSSR count). The molecule has 0 atom stereocenters. The standard InChI is InChI=1S/C11H16N6/c12-7-9-1-4-16(5-2-9)10-11-15-14-8-17(11)6-3-13-10/h3,6,8-9H,1-2,4-5,7,12H2. The van der Waals surface area contributed by atoms with E-state index in [2.05, 4.69) is 20.1 Å². The highest BCUT2D eigenvalue weighted by molar-refractivity contribution is 5.63. The topological polar surface area (TPSA) is 72.3 Å². The predicted molar refractivity (Wildman–Crippen MR) is 64.8 cm³/mol. The van der Waals surface area contributed by atoms with Crippen molar-refractivity contribution in [2.75, 3.05) is 24.5 Å². The van der Waals surface area contributed by atoms with E-state index in [1.54, 1.807) is 12.5 Å². The van der Waals surface area contributed by atoms with Crippen LogP contribution in [0.3, 0.4) is 0 Å². The SMILES string of the molecule is NCC1CCN(c2nccn3cnnc23)CC1. The molecule has 0 saturated carbocycles. The summed E-state index contributed by atoms with van der Waals surface area (Å²) in [6.45, 7) is 2.79. The number of anilines is 1. The van der Waals surface area contributed by atoms with Crippen molar-refractivity contribution in [2.45, 2.75) is 12.8 Å². The van der Waals surface area contributed by atoms with E-state index in [1.165, 1.54) is 0 Å². The maximum Gasteiger partial charge on any atom is 0.203 e. The summed E-state index contributed by atoms with van der Waals surface area (Å²) in [6.07, 6.45) is 7.63. The number of hydrogen-bond acceptors (Lipinski definition) is 5. The summed E-state index contributed by atoms with van der Waals surface area (Å²) >= 11 is 0. The Bertz CT molecular complexity index is 499. The van der Waals surface area contributed by atoms with E-state index in [9.17, 15) is 0 Å². The normalized spacial score (nSPS) is 17.8. The minimum atomic E-state index is 0.656. The summed E-state index contributed by atoms with van der Waals surface area (Å²) in [7, 11) is 0. The van der Waals surface area contributed by atoms with Gasteiger partial charge in [0, 0.05) is 25.5 Å². The smallest absolute Gasteiger partial charge is 0.203 e. The van der Waals surface area contributed by atoms with Crippen molar-refractivity contribution in [1.29, 1.82) is 0 Å². The first-order valence-electron chi connectivity index (χ1n) is 5.98. The second kappa shape index (κ2) is 4.29. The van der Waals surface area contributed by atoms with Gasteiger partial charge in [-0.1, -0.05) is 0 Å². The molecule has 1 aliphatic heterocycles. The van der Waals surface area contributed by atoms with Crippen LogP contribution in [0.15, 0.2) is 18.7 Å². The fourth-order valence-corrected chi connectivity index (χ4v) is 2.35. The van der Waals surface area contributed by atoms with E-state index in [1.807, 2.05) is 10.6 Å². The molecule has 6 heteroatoms. The van der Waals surface area contributed by atoms with Crippen molar-refractivity contribution in [3.63, 3.8) is 0 Å². The second-order valence-electron chi connectivity index (χ2n) is 4.48. The molecule has 90 valence electrons. The number of fused-ring (bicyclic) bond motifs is 1. The summed E-state index contributed by atoms with van der Waals surface area (Å²) in [5.74, 6) is 1.59. The van der Waals surface area contributed by atoms with Crippen LogP contribution < -0.4 is 10.6 Å². The molecule has 17 heavy (non-hydrogen) atoms. The molecule has 3 heterocycles. The Morgan fingerprint density at radius 1 is 1.35 bits per heavy atom. The molecule has 0 unspecified atom stereocenters. The lowest BCUT2D eigenvalue weighted by molar-refractivity contribution is 0.413. The highest BCUT2D eigenvalue weighted by Gasteiger charge is 2.21. The van der Waals surface area contributed by atoms with Crippen molar-refractivity contribution in [1.82, 2.24) is 19.6 Å². The summed E-state index contributed by atoms with van der Waals surface area (Å²) in [6, 6.07) is 0. The predicted octanol–water partition coefficient (Wildman–Crippen LogP) is 0.299. The van der Waals surface area contributed by atoms with Crippen LogP contribution in [0.2, 0.25) is 0 Å². The summed E-state index contributed by atoms with van der Waals surface area (Å²) in [5.41, 5.74) is 6.53. The zero-order valence-electron chi connectivity index (χ0n) is 9.66. The molecule has 2 N–H and O–H groups in total. The van der Waals surface area contributed by atoms with Gasteiger partial charge in [0.1, 0.15) is 6.33 Å². The lowest BCUT2D eigenvalue weighted by atomic mass is 9.97. The maximum atomic E-state index is 5.70. The molecule has 0 radical (unpaired) electrons. The van der Waals surface area contributed by atoms with Gasteiger partial charge in [-0.2, -0.15) is 0 Å². The molecule has 1 saturated heterocycles. The van der Waals surface area contributed by atoms with Crippen LogP contribution in [0.1, 0.15) is 12.8 Å². The third kappa shape index (κ3) is 1.84. The van der Waals surface area contributed by atoms with Crippen LogP contribution >= 0.6 is 0 Å². The minimum absolute atomic E-state index is 0.656. The Morgan fingerprint density at radius 2 is 2.18 bits per heavy atom. The van der Waals surface area contributed by atoms with E-state index < -0.39 is 0 Å². The van der Waals surface area contributed by atoms with Gasteiger partial charge < -0.3 is 10.6 Å². The van der Waals surface area contributed by atoms with E-state index in [0.717, 1.165) is 43.9 Å². The van der Waals surface area contributed by atoms with Gasteiger partial charge in [-0.3, -0.25) is 4.40 Å². The number of piperidine rings is 1. The monoisotopic (exact) mass is 232 g/mol. The van der Waals surface area contributed by atoms with Crippen LogP contribution in [0.25, 0.3) is 5.65 Å². The molecule has 6 nitrogen and oxygen atoms in total. The van der Waals surface area contributed by atoms with Gasteiger partial charge in [0.05, 0.1) is 0 Å². The number of rotatable bonds is 2. The Morgan fingerprint density at radius 3 is 2.94 bits per heavy atom. The highest BCUT2D eigenvalue weighted by atomic mass is 15.3. The largest absolute Gasteiger partial charge is 0.353 e. The molecule has 0 aliphatic carbocycles. The van der Waals surface area contributed by atoms with Gasteiger partial charge in [-0.25, -0.2) is 4.98 Å². The first-order chi connectivity index (χ1) is 8.38. The lowest BCUT2D eigenvalue weighted by Crippen LogP contribution is -2.36. The number of aromatic nitrogens is 4. The Kier molecular flexibility index (Phi) is 2.64. The first-order valence-corrected chi connectivity index (χ1v) is 5.98. The van der Waals surface area contributed by atoms with Gasteiger partial charge in [-0.05, 0) is 25.3 Å². The molecule has 0 amide bonds. The first kappa shape index (κ1) is 10.5. The fraction of sp³-hybridized carbons (Fsp3) is 0.545. The van der Waals surface area contributed by atoms with Gasteiger partial charge >= 0.3 is 0 Å². The van der Waals surface area contributed by atoms with Crippen molar-refractivity contribution in [3.05, 3.63) is 18.7 Å². The summed E-state index contributed by atoms with van der Waals surface area (Å²) in [4.78, 5) is 6.70. The van der Waals surface area contributed by atoms with Crippen LogP contribution in [0, 0.1) is 5.92 Å². The number of hydrogen-bond donors (Lipinski definition) is 1. The molecule has 2 aromatic heterocycles. The van der Waals surface area contributed by atoms with E-state index in [0.29, 0.717) is 5.92 Å².